The Hall–Kier alpha value is -2.80. The summed E-state index contributed by atoms with van der Waals surface area (Å²) in [7, 11) is 0. The summed E-state index contributed by atoms with van der Waals surface area (Å²) in [5, 5.41) is 4.92. The van der Waals surface area contributed by atoms with Crippen LogP contribution < -0.4 is 11.1 Å². The van der Waals surface area contributed by atoms with Gasteiger partial charge in [0.1, 0.15) is 0 Å². The lowest BCUT2D eigenvalue weighted by molar-refractivity contribution is -0.147. The van der Waals surface area contributed by atoms with E-state index in [-0.39, 0.29) is 17.4 Å². The molecule has 0 atom stereocenters. The van der Waals surface area contributed by atoms with Gasteiger partial charge < -0.3 is 16.0 Å². The fourth-order valence-electron chi connectivity index (χ4n) is 4.88. The van der Waals surface area contributed by atoms with E-state index in [0.717, 1.165) is 65.0 Å². The van der Waals surface area contributed by atoms with Crippen LogP contribution in [0.5, 0.6) is 0 Å². The molecule has 7 heteroatoms. The topological polar surface area (TPSA) is 87.8 Å². The highest BCUT2D eigenvalue weighted by atomic mass is 32.2. The number of amides is 2. The summed E-state index contributed by atoms with van der Waals surface area (Å²) in [4.78, 5) is 33.6. The van der Waals surface area contributed by atoms with Crippen molar-refractivity contribution >= 4 is 46.3 Å². The second kappa shape index (κ2) is 8.28. The fraction of sp³-hybridized carbons (Fsp3) is 0.400. The maximum absolute atomic E-state index is 12.7. The van der Waals surface area contributed by atoms with Crippen LogP contribution in [-0.4, -0.2) is 42.1 Å². The lowest BCUT2D eigenvalue weighted by atomic mass is 9.69. The molecule has 2 fully saturated rings. The van der Waals surface area contributed by atoms with E-state index in [2.05, 4.69) is 12.2 Å². The molecule has 2 aromatic carbocycles. The number of nitrogens with two attached hydrogens (primary N) is 1. The molecule has 0 spiro atoms. The molecule has 2 heterocycles. The maximum Gasteiger partial charge on any atom is 0.256 e. The molecule has 3 aliphatic rings. The number of likely N-dealkylation sites (tertiary alicyclic amines) is 1. The molecule has 0 unspecified atom stereocenters. The number of carbonyl (C=O) groups excluding carboxylic acids is 2. The number of nitrogens with zero attached hydrogens (tertiary/aromatic N) is 2. The Kier molecular flexibility index (Phi) is 5.45. The predicted octanol–water partition coefficient (Wildman–Crippen LogP) is 4.55. The molecule has 0 bridgehead atoms. The van der Waals surface area contributed by atoms with Crippen LogP contribution in [-0.2, 0) is 4.79 Å². The molecule has 5 rings (SSSR count). The highest BCUT2D eigenvalue weighted by molar-refractivity contribution is 8.04. The van der Waals surface area contributed by atoms with Crippen molar-refractivity contribution in [1.29, 1.82) is 0 Å². The van der Waals surface area contributed by atoms with Gasteiger partial charge in [-0.25, -0.2) is 0 Å². The van der Waals surface area contributed by atoms with Gasteiger partial charge in [0, 0.05) is 57.4 Å². The highest BCUT2D eigenvalue weighted by Gasteiger charge is 2.42. The van der Waals surface area contributed by atoms with Gasteiger partial charge in [-0.1, -0.05) is 37.2 Å². The lowest BCUT2D eigenvalue weighted by Gasteiger charge is -2.42. The van der Waals surface area contributed by atoms with Crippen LogP contribution in [0.25, 0.3) is 10.8 Å². The van der Waals surface area contributed by atoms with Crippen molar-refractivity contribution in [1.82, 2.24) is 4.90 Å². The Morgan fingerprint density at radius 1 is 1.25 bits per heavy atom. The largest absolute Gasteiger partial charge is 0.404 e. The van der Waals surface area contributed by atoms with Gasteiger partial charge in [-0.15, -0.1) is 0 Å². The standard InChI is InChI=1S/C25H28N4O2S/c1-25(10-3-11-25)24(31)29-12-8-16(9-13-29)27-15-17(14-26)32-21-7-6-20-22-18(21)4-2-5-19(22)23(30)28-20/h2,4-7,14-16H,3,8-13,26H2,1H3,(H,28,30)/b17-14+,27-15?. The van der Waals surface area contributed by atoms with Gasteiger partial charge in [-0.3, -0.25) is 14.6 Å². The van der Waals surface area contributed by atoms with E-state index in [1.54, 1.807) is 18.0 Å². The van der Waals surface area contributed by atoms with Gasteiger partial charge in [0.2, 0.25) is 5.91 Å². The molecule has 3 N–H and O–H groups in total. The summed E-state index contributed by atoms with van der Waals surface area (Å²) in [5.74, 6) is 0.268. The van der Waals surface area contributed by atoms with Gasteiger partial charge in [0.15, 0.2) is 0 Å². The van der Waals surface area contributed by atoms with Gasteiger partial charge in [0.25, 0.3) is 5.91 Å². The van der Waals surface area contributed by atoms with Crippen LogP contribution in [0.3, 0.4) is 0 Å². The molecule has 166 valence electrons. The van der Waals surface area contributed by atoms with Crippen molar-refractivity contribution in [3.05, 3.63) is 47.0 Å². The van der Waals surface area contributed by atoms with Gasteiger partial charge in [0.05, 0.1) is 6.04 Å². The zero-order valence-electron chi connectivity index (χ0n) is 18.3. The van der Waals surface area contributed by atoms with E-state index in [9.17, 15) is 9.59 Å². The Labute approximate surface area is 192 Å². The number of carbonyl (C=O) groups is 2. The molecule has 2 aromatic rings. The van der Waals surface area contributed by atoms with Crippen LogP contribution in [0.2, 0.25) is 0 Å². The molecule has 0 radical (unpaired) electrons. The molecule has 32 heavy (non-hydrogen) atoms. The first-order valence-corrected chi connectivity index (χ1v) is 12.1. The molecule has 2 amide bonds. The van der Waals surface area contributed by atoms with Crippen molar-refractivity contribution < 1.29 is 9.59 Å². The summed E-state index contributed by atoms with van der Waals surface area (Å²) in [6.07, 6.45) is 8.41. The minimum absolute atomic E-state index is 0.0555. The molecule has 1 saturated carbocycles. The number of thioether (sulfide) groups is 1. The van der Waals surface area contributed by atoms with Gasteiger partial charge >= 0.3 is 0 Å². The average molecular weight is 449 g/mol. The lowest BCUT2D eigenvalue weighted by Crippen LogP contribution is -2.49. The minimum Gasteiger partial charge on any atom is -0.404 e. The number of benzene rings is 2. The predicted molar refractivity (Wildman–Crippen MR) is 130 cm³/mol. The van der Waals surface area contributed by atoms with Crippen molar-refractivity contribution in [2.75, 3.05) is 18.4 Å². The van der Waals surface area contributed by atoms with Crippen LogP contribution in [0, 0.1) is 5.41 Å². The second-order valence-electron chi connectivity index (χ2n) is 9.18. The molecular formula is C25H28N4O2S. The van der Waals surface area contributed by atoms with Crippen LogP contribution >= 0.6 is 11.8 Å². The van der Waals surface area contributed by atoms with Gasteiger partial charge in [-0.05, 0) is 49.3 Å². The van der Waals surface area contributed by atoms with Crippen LogP contribution in [0.1, 0.15) is 49.4 Å². The summed E-state index contributed by atoms with van der Waals surface area (Å²) in [5.41, 5.74) is 7.36. The number of nitrogens with one attached hydrogen (secondary N) is 1. The van der Waals surface area contributed by atoms with Gasteiger partial charge in [-0.2, -0.15) is 0 Å². The first-order chi connectivity index (χ1) is 15.5. The SMILES string of the molecule is CC1(C(=O)N2CCC(N=C/C(=C\N)Sc3ccc4c5c(cccc35)C(=O)N4)CC2)CCC1. The first-order valence-electron chi connectivity index (χ1n) is 11.3. The van der Waals surface area contributed by atoms with Crippen LogP contribution in [0.4, 0.5) is 5.69 Å². The van der Waals surface area contributed by atoms with E-state index in [1.807, 2.05) is 41.4 Å². The highest BCUT2D eigenvalue weighted by Crippen LogP contribution is 2.42. The number of anilines is 1. The quantitative estimate of drug-likeness (QED) is 0.519. The Bertz CT molecular complexity index is 1140. The summed E-state index contributed by atoms with van der Waals surface area (Å²) < 4.78 is 0. The first kappa shape index (κ1) is 21.1. The normalized spacial score (nSPS) is 20.6. The number of hydrogen-bond donors (Lipinski definition) is 2. The molecule has 1 aliphatic carbocycles. The molecule has 2 aliphatic heterocycles. The van der Waals surface area contributed by atoms with E-state index >= 15 is 0 Å². The third-order valence-electron chi connectivity index (χ3n) is 7.02. The number of allylic oxidation sites excluding steroid dienone is 1. The zero-order valence-corrected chi connectivity index (χ0v) is 19.1. The maximum atomic E-state index is 12.7. The van der Waals surface area contributed by atoms with Crippen molar-refractivity contribution in [3.8, 4) is 0 Å². The number of piperidine rings is 1. The zero-order chi connectivity index (χ0) is 22.3. The Morgan fingerprint density at radius 3 is 2.72 bits per heavy atom. The van der Waals surface area contributed by atoms with Crippen LogP contribution in [0.15, 0.2) is 51.3 Å². The third-order valence-corrected chi connectivity index (χ3v) is 8.08. The molecular weight excluding hydrogens is 420 g/mol. The molecule has 0 aromatic heterocycles. The Morgan fingerprint density at radius 2 is 2.03 bits per heavy atom. The molecule has 1 saturated heterocycles. The Balaban J connectivity index is 1.24. The number of rotatable bonds is 5. The molecule has 6 nitrogen and oxygen atoms in total. The minimum atomic E-state index is -0.123. The smallest absolute Gasteiger partial charge is 0.256 e. The monoisotopic (exact) mass is 448 g/mol. The van der Waals surface area contributed by atoms with E-state index in [1.165, 1.54) is 6.42 Å². The van der Waals surface area contributed by atoms with Crippen molar-refractivity contribution in [2.45, 2.75) is 50.0 Å². The fourth-order valence-corrected chi connectivity index (χ4v) is 5.73. The average Bonchev–Trinajstić information content (AvgIpc) is 3.13. The summed E-state index contributed by atoms with van der Waals surface area (Å²) in [6, 6.07) is 9.96. The van der Waals surface area contributed by atoms with E-state index in [4.69, 9.17) is 10.7 Å². The van der Waals surface area contributed by atoms with E-state index < -0.39 is 0 Å². The van der Waals surface area contributed by atoms with Crippen molar-refractivity contribution in [2.24, 2.45) is 16.1 Å². The van der Waals surface area contributed by atoms with Crippen molar-refractivity contribution in [3.63, 3.8) is 0 Å². The number of hydrogen-bond acceptors (Lipinski definition) is 5. The third kappa shape index (κ3) is 3.68. The van der Waals surface area contributed by atoms with E-state index in [0.29, 0.717) is 11.5 Å². The summed E-state index contributed by atoms with van der Waals surface area (Å²) >= 11 is 1.56. The number of aliphatic imine (C=N–C) groups is 1. The second-order valence-corrected chi connectivity index (χ2v) is 10.3. The summed E-state index contributed by atoms with van der Waals surface area (Å²) in [6.45, 7) is 3.66.